The Bertz CT molecular complexity index is 914. The smallest absolute Gasteiger partial charge is 0.228 e. The summed E-state index contributed by atoms with van der Waals surface area (Å²) in [4.78, 5) is 20.5. The van der Waals surface area contributed by atoms with Gasteiger partial charge in [-0.2, -0.15) is 0 Å². The van der Waals surface area contributed by atoms with E-state index in [2.05, 4.69) is 25.9 Å². The van der Waals surface area contributed by atoms with Crippen LogP contribution in [0.25, 0.3) is 11.8 Å². The van der Waals surface area contributed by atoms with Crippen molar-refractivity contribution < 1.29 is 9.18 Å². The monoisotopic (exact) mass is 397 g/mol. The van der Waals surface area contributed by atoms with E-state index in [9.17, 15) is 9.18 Å². The zero-order valence-electron chi connectivity index (χ0n) is 13.0. The van der Waals surface area contributed by atoms with Crippen molar-refractivity contribution in [2.24, 2.45) is 0 Å². The number of imidazole rings is 1. The first kappa shape index (κ1) is 17.0. The molecule has 0 atom stereocenters. The van der Waals surface area contributed by atoms with E-state index in [1.54, 1.807) is 29.1 Å². The number of allylic oxidation sites excluding steroid dienone is 3. The second-order valence-corrected chi connectivity index (χ2v) is 6.04. The first-order valence-electron chi connectivity index (χ1n) is 7.42. The maximum Gasteiger partial charge on any atom is 0.228 e. The molecule has 3 rings (SSSR count). The third-order valence-electron chi connectivity index (χ3n) is 3.39. The maximum atomic E-state index is 13.0. The predicted octanol–water partition coefficient (Wildman–Crippen LogP) is 4.62. The summed E-state index contributed by atoms with van der Waals surface area (Å²) in [6, 6.07) is 10.4. The van der Waals surface area contributed by atoms with Gasteiger partial charge in [0, 0.05) is 16.9 Å². The first-order chi connectivity index (χ1) is 12.1. The van der Waals surface area contributed by atoms with Crippen LogP contribution >= 0.6 is 15.9 Å². The highest BCUT2D eigenvalue weighted by atomic mass is 79.9. The van der Waals surface area contributed by atoms with Crippen molar-refractivity contribution in [3.05, 3.63) is 95.0 Å². The van der Waals surface area contributed by atoms with Crippen LogP contribution in [-0.2, 0) is 0 Å². The molecule has 124 valence electrons. The van der Waals surface area contributed by atoms with Gasteiger partial charge >= 0.3 is 0 Å². The number of carbonyl (C=O) groups is 1. The van der Waals surface area contributed by atoms with Crippen molar-refractivity contribution in [3.8, 4) is 0 Å². The molecule has 0 aliphatic heterocycles. The molecule has 0 saturated carbocycles. The van der Waals surface area contributed by atoms with E-state index < -0.39 is 5.82 Å². The van der Waals surface area contributed by atoms with Gasteiger partial charge < -0.3 is 4.57 Å². The number of hydrogen-bond acceptors (Lipinski definition) is 3. The lowest BCUT2D eigenvalue weighted by molar-refractivity contribution is 0.104. The van der Waals surface area contributed by atoms with Crippen LogP contribution in [0.1, 0.15) is 16.1 Å². The Labute approximate surface area is 152 Å². The molecule has 0 amide bonds. The van der Waals surface area contributed by atoms with E-state index in [1.807, 2.05) is 30.3 Å². The molecule has 4 nitrogen and oxygen atoms in total. The molecule has 0 bridgehead atoms. The van der Waals surface area contributed by atoms with Crippen molar-refractivity contribution in [1.29, 1.82) is 0 Å². The first-order valence-corrected chi connectivity index (χ1v) is 8.21. The number of nitrogens with zero attached hydrogens (tertiary/aromatic N) is 3. The van der Waals surface area contributed by atoms with Crippen LogP contribution in [0.15, 0.2) is 77.9 Å². The van der Waals surface area contributed by atoms with E-state index in [0.717, 1.165) is 16.2 Å². The van der Waals surface area contributed by atoms with E-state index in [0.29, 0.717) is 5.70 Å². The molecule has 2 aromatic heterocycles. The number of Topliss-reactive ketones (excluding diaryl/α,β-unsaturated/α-hetero) is 1. The molecule has 6 heteroatoms. The largest absolute Gasteiger partial charge is 0.303 e. The van der Waals surface area contributed by atoms with Crippen LogP contribution in [0.2, 0.25) is 0 Å². The summed E-state index contributed by atoms with van der Waals surface area (Å²) in [5.41, 5.74) is 1.53. The molecule has 0 fully saturated rings. The highest BCUT2D eigenvalue weighted by Gasteiger charge is 2.14. The number of carbonyl (C=O) groups excluding carboxylic acids is 1. The fourth-order valence-electron chi connectivity index (χ4n) is 2.15. The van der Waals surface area contributed by atoms with E-state index in [4.69, 9.17) is 0 Å². The molecular weight excluding hydrogens is 385 g/mol. The zero-order chi connectivity index (χ0) is 17.6. The average molecular weight is 398 g/mol. The molecule has 2 heterocycles. The fraction of sp³-hybridized carbons (Fsp3) is 0. The van der Waals surface area contributed by atoms with Crippen molar-refractivity contribution >= 4 is 33.5 Å². The Morgan fingerprint density at radius 3 is 2.60 bits per heavy atom. The fourth-order valence-corrected chi connectivity index (χ4v) is 2.41. The van der Waals surface area contributed by atoms with Crippen molar-refractivity contribution in [2.75, 3.05) is 0 Å². The minimum absolute atomic E-state index is 0.165. The Morgan fingerprint density at radius 1 is 1.16 bits per heavy atom. The van der Waals surface area contributed by atoms with Crippen LogP contribution in [0.5, 0.6) is 0 Å². The molecule has 0 aliphatic rings. The van der Waals surface area contributed by atoms with Gasteiger partial charge in [0.2, 0.25) is 5.78 Å². The molecule has 0 spiro atoms. The Morgan fingerprint density at radius 2 is 1.96 bits per heavy atom. The number of halogens is 2. The van der Waals surface area contributed by atoms with Crippen molar-refractivity contribution in [3.63, 3.8) is 0 Å². The Balaban J connectivity index is 1.91. The quantitative estimate of drug-likeness (QED) is 0.358. The number of aromatic nitrogens is 3. The number of ketones is 1. The number of pyridine rings is 1. The third kappa shape index (κ3) is 4.36. The Kier molecular flexibility index (Phi) is 5.30. The van der Waals surface area contributed by atoms with E-state index in [1.165, 1.54) is 18.5 Å². The summed E-state index contributed by atoms with van der Waals surface area (Å²) >= 11 is 3.39. The van der Waals surface area contributed by atoms with Gasteiger partial charge in [0.15, 0.2) is 0 Å². The van der Waals surface area contributed by atoms with Gasteiger partial charge in [-0.05, 0) is 35.9 Å². The van der Waals surface area contributed by atoms with E-state index in [-0.39, 0.29) is 11.5 Å². The second-order valence-electron chi connectivity index (χ2n) is 5.12. The highest BCUT2D eigenvalue weighted by Crippen LogP contribution is 2.14. The molecule has 25 heavy (non-hydrogen) atoms. The van der Waals surface area contributed by atoms with Gasteiger partial charge in [0.05, 0.1) is 18.2 Å². The molecule has 0 aliphatic carbocycles. The summed E-state index contributed by atoms with van der Waals surface area (Å²) in [5.74, 6) is -0.807. The second kappa shape index (κ2) is 7.81. The van der Waals surface area contributed by atoms with Gasteiger partial charge in [-0.3, -0.25) is 4.79 Å². The van der Waals surface area contributed by atoms with Crippen LogP contribution in [0.4, 0.5) is 4.39 Å². The number of hydrogen-bond donors (Lipinski definition) is 0. The Hall–Kier alpha value is -2.86. The molecule has 0 radical (unpaired) electrons. The normalized spacial score (nSPS) is 11.8. The molecule has 1 aromatic carbocycles. The number of rotatable bonds is 5. The lowest BCUT2D eigenvalue weighted by atomic mass is 10.1. The third-order valence-corrected chi connectivity index (χ3v) is 3.92. The molecule has 0 saturated heterocycles. The summed E-state index contributed by atoms with van der Waals surface area (Å²) in [5, 5.41) is 0. The van der Waals surface area contributed by atoms with Gasteiger partial charge in [-0.15, -0.1) is 0 Å². The molecular formula is C19H13BrFN3O. The lowest BCUT2D eigenvalue weighted by Gasteiger charge is -2.06. The molecule has 3 aromatic rings. The van der Waals surface area contributed by atoms with E-state index >= 15 is 0 Å². The van der Waals surface area contributed by atoms with Crippen LogP contribution in [0, 0.1) is 5.82 Å². The van der Waals surface area contributed by atoms with Gasteiger partial charge in [-0.25, -0.2) is 14.4 Å². The SMILES string of the molecule is O=C(/C(=C/C=C/c1ccc(Br)cc1)n1ccnc1)c1ccc(F)cn1. The number of benzene rings is 1. The summed E-state index contributed by atoms with van der Waals surface area (Å²) < 4.78 is 15.6. The standard InChI is InChI=1S/C19H13BrFN3O/c20-15-6-4-14(5-7-15)2-1-3-18(24-11-10-22-13-24)19(25)17-9-8-16(21)12-23-17/h1-13H/b2-1+,18-3-. The van der Waals surface area contributed by atoms with Crippen molar-refractivity contribution in [2.45, 2.75) is 0 Å². The van der Waals surface area contributed by atoms with Gasteiger partial charge in [0.1, 0.15) is 11.5 Å². The molecule has 0 N–H and O–H groups in total. The van der Waals surface area contributed by atoms with Crippen LogP contribution in [-0.4, -0.2) is 20.3 Å². The maximum absolute atomic E-state index is 13.0. The van der Waals surface area contributed by atoms with Crippen molar-refractivity contribution in [1.82, 2.24) is 14.5 Å². The average Bonchev–Trinajstić information content (AvgIpc) is 3.15. The summed E-state index contributed by atoms with van der Waals surface area (Å²) in [7, 11) is 0. The lowest BCUT2D eigenvalue weighted by Crippen LogP contribution is -2.09. The summed E-state index contributed by atoms with van der Waals surface area (Å²) in [6.07, 6.45) is 11.1. The molecule has 0 unspecified atom stereocenters. The van der Waals surface area contributed by atoms with Crippen LogP contribution in [0.3, 0.4) is 0 Å². The highest BCUT2D eigenvalue weighted by molar-refractivity contribution is 9.10. The summed E-state index contributed by atoms with van der Waals surface area (Å²) in [6.45, 7) is 0. The van der Waals surface area contributed by atoms with Crippen LogP contribution < -0.4 is 0 Å². The van der Waals surface area contributed by atoms with Gasteiger partial charge in [0.25, 0.3) is 0 Å². The minimum atomic E-state index is -0.486. The minimum Gasteiger partial charge on any atom is -0.303 e. The zero-order valence-corrected chi connectivity index (χ0v) is 14.6. The predicted molar refractivity (Wildman–Crippen MR) is 98.2 cm³/mol. The topological polar surface area (TPSA) is 47.8 Å². The van der Waals surface area contributed by atoms with Gasteiger partial charge in [-0.1, -0.05) is 40.2 Å².